The van der Waals surface area contributed by atoms with Crippen molar-refractivity contribution < 1.29 is 28.8 Å². The molecule has 0 aliphatic carbocycles. The lowest BCUT2D eigenvalue weighted by molar-refractivity contribution is -0.183. The molecule has 1 fully saturated rings. The van der Waals surface area contributed by atoms with Crippen molar-refractivity contribution in [3.05, 3.63) is 47.5 Å². The number of nitrogens with one attached hydrogen (secondary N) is 1. The van der Waals surface area contributed by atoms with Crippen molar-refractivity contribution in [1.29, 1.82) is 0 Å². The third-order valence-electron chi connectivity index (χ3n) is 4.02. The van der Waals surface area contributed by atoms with Crippen molar-refractivity contribution in [3.63, 3.8) is 0 Å². The lowest BCUT2D eigenvalue weighted by Gasteiger charge is -2.24. The predicted octanol–water partition coefficient (Wildman–Crippen LogP) is 3.10. The van der Waals surface area contributed by atoms with Gasteiger partial charge < -0.3 is 29.4 Å². The van der Waals surface area contributed by atoms with Crippen molar-refractivity contribution in [2.24, 2.45) is 0 Å². The van der Waals surface area contributed by atoms with E-state index in [-0.39, 0.29) is 17.0 Å². The molecule has 1 heterocycles. The zero-order valence-corrected chi connectivity index (χ0v) is 14.7. The van der Waals surface area contributed by atoms with Crippen LogP contribution in [0.15, 0.2) is 36.4 Å². The van der Waals surface area contributed by atoms with Gasteiger partial charge in [0.2, 0.25) is 0 Å². The highest BCUT2D eigenvalue weighted by Crippen LogP contribution is 2.33. The minimum absolute atomic E-state index is 0.0632. The summed E-state index contributed by atoms with van der Waals surface area (Å²) < 4.78 is 21.6. The fraction of sp³-hybridized carbons (Fsp3) is 0.316. The number of anilines is 1. The molecule has 138 valence electrons. The number of hydrogen-bond donors (Lipinski definition) is 2. The molecular weight excluding hydrogens is 338 g/mol. The Balaban J connectivity index is 1.88. The van der Waals surface area contributed by atoms with Gasteiger partial charge in [-0.05, 0) is 30.7 Å². The van der Waals surface area contributed by atoms with Crippen molar-refractivity contribution in [1.82, 2.24) is 0 Å². The predicted molar refractivity (Wildman–Crippen MR) is 94.9 cm³/mol. The van der Waals surface area contributed by atoms with Gasteiger partial charge >= 0.3 is 0 Å². The van der Waals surface area contributed by atoms with Gasteiger partial charge in [-0.2, -0.15) is 0 Å². The molecule has 0 spiro atoms. The number of ether oxygens (including phenoxy) is 4. The molecule has 2 aromatic rings. The van der Waals surface area contributed by atoms with E-state index in [2.05, 4.69) is 5.32 Å². The maximum absolute atomic E-state index is 12.8. The number of rotatable bonds is 5. The van der Waals surface area contributed by atoms with Gasteiger partial charge in [-0.25, -0.2) is 0 Å². The quantitative estimate of drug-likeness (QED) is 0.798. The Morgan fingerprint density at radius 1 is 1.12 bits per heavy atom. The van der Waals surface area contributed by atoms with Crippen molar-refractivity contribution in [2.75, 3.05) is 32.8 Å². The highest BCUT2D eigenvalue weighted by molar-refractivity contribution is 6.08. The van der Waals surface area contributed by atoms with E-state index in [9.17, 15) is 9.90 Å². The van der Waals surface area contributed by atoms with Gasteiger partial charge in [-0.1, -0.05) is 12.1 Å². The zero-order chi connectivity index (χ0) is 18.5. The van der Waals surface area contributed by atoms with Crippen molar-refractivity contribution in [2.45, 2.75) is 12.7 Å². The van der Waals surface area contributed by atoms with E-state index in [1.807, 2.05) is 0 Å². The molecule has 2 aromatic carbocycles. The minimum Gasteiger partial charge on any atom is -0.506 e. The van der Waals surface area contributed by atoms with Crippen LogP contribution in [-0.4, -0.2) is 38.4 Å². The molecule has 0 radical (unpaired) electrons. The van der Waals surface area contributed by atoms with Crippen LogP contribution in [0, 0.1) is 0 Å². The lowest BCUT2D eigenvalue weighted by atomic mass is 10.1. The molecule has 3 rings (SSSR count). The van der Waals surface area contributed by atoms with Gasteiger partial charge in [0.05, 0.1) is 33.1 Å². The van der Waals surface area contributed by atoms with Crippen LogP contribution in [0.5, 0.6) is 17.2 Å². The Kier molecular flexibility index (Phi) is 5.60. The second kappa shape index (κ2) is 8.07. The molecule has 1 aliphatic rings. The van der Waals surface area contributed by atoms with Crippen molar-refractivity contribution in [3.8, 4) is 17.2 Å². The van der Waals surface area contributed by atoms with Gasteiger partial charge in [0.25, 0.3) is 5.91 Å². The first-order chi connectivity index (χ1) is 12.6. The zero-order valence-electron chi connectivity index (χ0n) is 14.7. The average molecular weight is 359 g/mol. The number of amides is 1. The second-order valence-electron chi connectivity index (χ2n) is 5.70. The Bertz CT molecular complexity index is 763. The number of phenolic OH excluding ortho intramolecular Hbond substituents is 1. The summed E-state index contributed by atoms with van der Waals surface area (Å²) in [5, 5.41) is 12.8. The third-order valence-corrected chi connectivity index (χ3v) is 4.02. The van der Waals surface area contributed by atoms with E-state index in [1.54, 1.807) is 30.3 Å². The lowest BCUT2D eigenvalue weighted by Crippen LogP contribution is -2.18. The average Bonchev–Trinajstić information content (AvgIpc) is 2.69. The van der Waals surface area contributed by atoms with Crippen LogP contribution in [0.2, 0.25) is 0 Å². The van der Waals surface area contributed by atoms with Gasteiger partial charge in [-0.3, -0.25) is 4.79 Å². The largest absolute Gasteiger partial charge is 0.506 e. The van der Waals surface area contributed by atoms with E-state index in [4.69, 9.17) is 18.9 Å². The highest BCUT2D eigenvalue weighted by Gasteiger charge is 2.21. The summed E-state index contributed by atoms with van der Waals surface area (Å²) in [5.41, 5.74) is 1.20. The summed E-state index contributed by atoms with van der Waals surface area (Å²) in [7, 11) is 2.95. The van der Waals surface area contributed by atoms with Crippen LogP contribution >= 0.6 is 0 Å². The second-order valence-corrected chi connectivity index (χ2v) is 5.70. The molecule has 1 aliphatic heterocycles. The Morgan fingerprint density at radius 2 is 1.77 bits per heavy atom. The Hall–Kier alpha value is -2.77. The first kappa shape index (κ1) is 18.0. The minimum atomic E-state index is -0.513. The summed E-state index contributed by atoms with van der Waals surface area (Å²) in [6, 6.07) is 9.88. The van der Waals surface area contributed by atoms with E-state index >= 15 is 0 Å². The molecular formula is C19H21NO6. The standard InChI is InChI=1S/C19H21NO6/c1-23-15-5-3-6-16(24-2)17(15)18(22)20-13-11-12(7-8-14(13)21)19-25-9-4-10-26-19/h3,5-8,11,19,21H,4,9-10H2,1-2H3,(H,20,22). The summed E-state index contributed by atoms with van der Waals surface area (Å²) in [5.74, 6) is 0.219. The van der Waals surface area contributed by atoms with Crippen LogP contribution in [-0.2, 0) is 9.47 Å². The van der Waals surface area contributed by atoms with Crippen LogP contribution in [0.1, 0.15) is 28.6 Å². The number of aromatic hydroxyl groups is 1. The molecule has 7 nitrogen and oxygen atoms in total. The Labute approximate surface area is 151 Å². The summed E-state index contributed by atoms with van der Waals surface area (Å²) >= 11 is 0. The molecule has 0 saturated carbocycles. The molecule has 7 heteroatoms. The number of hydrogen-bond acceptors (Lipinski definition) is 6. The first-order valence-electron chi connectivity index (χ1n) is 8.22. The first-order valence-corrected chi connectivity index (χ1v) is 8.22. The Morgan fingerprint density at radius 3 is 2.38 bits per heavy atom. The van der Waals surface area contributed by atoms with Crippen LogP contribution in [0.25, 0.3) is 0 Å². The molecule has 26 heavy (non-hydrogen) atoms. The number of methoxy groups -OCH3 is 2. The highest BCUT2D eigenvalue weighted by atomic mass is 16.7. The molecule has 0 aromatic heterocycles. The van der Waals surface area contributed by atoms with Crippen LogP contribution in [0.3, 0.4) is 0 Å². The van der Waals surface area contributed by atoms with E-state index < -0.39 is 12.2 Å². The van der Waals surface area contributed by atoms with Gasteiger partial charge in [0, 0.05) is 5.56 Å². The monoisotopic (exact) mass is 359 g/mol. The van der Waals surface area contributed by atoms with Crippen LogP contribution in [0.4, 0.5) is 5.69 Å². The smallest absolute Gasteiger partial charge is 0.263 e. The SMILES string of the molecule is COc1cccc(OC)c1C(=O)Nc1cc(C2OCCCO2)ccc1O. The molecule has 0 bridgehead atoms. The van der Waals surface area contributed by atoms with Gasteiger partial charge in [-0.15, -0.1) is 0 Å². The number of carbonyl (C=O) groups excluding carboxylic acids is 1. The van der Waals surface area contributed by atoms with E-state index in [0.29, 0.717) is 30.3 Å². The summed E-state index contributed by atoms with van der Waals surface area (Å²) in [6.07, 6.45) is 0.326. The fourth-order valence-electron chi connectivity index (χ4n) is 2.74. The normalized spacial score (nSPS) is 14.7. The molecule has 1 saturated heterocycles. The van der Waals surface area contributed by atoms with Gasteiger partial charge in [0.15, 0.2) is 6.29 Å². The van der Waals surface area contributed by atoms with E-state index in [1.165, 1.54) is 20.3 Å². The van der Waals surface area contributed by atoms with Crippen LogP contribution < -0.4 is 14.8 Å². The maximum Gasteiger partial charge on any atom is 0.263 e. The summed E-state index contributed by atoms with van der Waals surface area (Å²) in [4.78, 5) is 12.8. The molecule has 2 N–H and O–H groups in total. The molecule has 0 unspecified atom stereocenters. The topological polar surface area (TPSA) is 86.3 Å². The van der Waals surface area contributed by atoms with E-state index in [0.717, 1.165) is 6.42 Å². The maximum atomic E-state index is 12.8. The number of carbonyl (C=O) groups is 1. The fourth-order valence-corrected chi connectivity index (χ4v) is 2.74. The third kappa shape index (κ3) is 3.74. The molecule has 1 amide bonds. The number of benzene rings is 2. The van der Waals surface area contributed by atoms with Crippen molar-refractivity contribution >= 4 is 11.6 Å². The molecule has 0 atom stereocenters. The van der Waals surface area contributed by atoms with Gasteiger partial charge in [0.1, 0.15) is 22.8 Å². The number of phenols is 1. The summed E-state index contributed by atoms with van der Waals surface area (Å²) in [6.45, 7) is 1.21.